The molecule has 0 fully saturated rings. The minimum atomic E-state index is -0.688. The fourth-order valence-corrected chi connectivity index (χ4v) is 0.875. The molecule has 0 amide bonds. The summed E-state index contributed by atoms with van der Waals surface area (Å²) in [7, 11) is 0. The number of nitrogens with zero attached hydrogens (tertiary/aromatic N) is 4. The predicted molar refractivity (Wildman–Crippen MR) is 44.8 cm³/mol. The second-order valence-electron chi connectivity index (χ2n) is 2.38. The van der Waals surface area contributed by atoms with E-state index >= 15 is 0 Å². The second-order valence-corrected chi connectivity index (χ2v) is 2.38. The SMILES string of the molecule is Nc1ncn(-c2n[nH]c(=O)[nH]c2=O)n1. The third-order valence-electron chi connectivity index (χ3n) is 1.42. The maximum Gasteiger partial charge on any atom is 0.342 e. The Kier molecular flexibility index (Phi) is 1.63. The highest BCUT2D eigenvalue weighted by Crippen LogP contribution is 1.93. The molecule has 72 valence electrons. The van der Waals surface area contributed by atoms with E-state index in [-0.39, 0.29) is 11.8 Å². The van der Waals surface area contributed by atoms with Crippen molar-refractivity contribution in [2.75, 3.05) is 5.73 Å². The van der Waals surface area contributed by atoms with Crippen LogP contribution in [0, 0.1) is 0 Å². The Hall–Kier alpha value is -2.45. The molecule has 0 spiro atoms. The van der Waals surface area contributed by atoms with E-state index in [2.05, 4.69) is 20.3 Å². The second kappa shape index (κ2) is 2.80. The molecule has 9 nitrogen and oxygen atoms in total. The van der Waals surface area contributed by atoms with Crippen molar-refractivity contribution in [3.05, 3.63) is 27.2 Å². The number of hydrogen-bond acceptors (Lipinski definition) is 6. The molecule has 0 aliphatic rings. The summed E-state index contributed by atoms with van der Waals surface area (Å²) in [6.07, 6.45) is 1.21. The molecule has 0 atom stereocenters. The first kappa shape index (κ1) is 8.16. The van der Waals surface area contributed by atoms with Gasteiger partial charge in [-0.05, 0) is 0 Å². The summed E-state index contributed by atoms with van der Waals surface area (Å²) < 4.78 is 1.06. The van der Waals surface area contributed by atoms with Crippen LogP contribution in [-0.4, -0.2) is 29.9 Å². The van der Waals surface area contributed by atoms with Crippen LogP contribution in [0.5, 0.6) is 0 Å². The van der Waals surface area contributed by atoms with Crippen molar-refractivity contribution in [3.63, 3.8) is 0 Å². The van der Waals surface area contributed by atoms with E-state index in [0.717, 1.165) is 4.68 Å². The molecular weight excluding hydrogens is 190 g/mol. The van der Waals surface area contributed by atoms with Crippen LogP contribution in [0.25, 0.3) is 5.82 Å². The fraction of sp³-hybridized carbons (Fsp3) is 0. The van der Waals surface area contributed by atoms with E-state index in [0.29, 0.717) is 0 Å². The lowest BCUT2D eigenvalue weighted by atomic mass is 10.7. The quantitative estimate of drug-likeness (QED) is 0.465. The first-order chi connectivity index (χ1) is 6.66. The Labute approximate surface area is 75.6 Å². The molecule has 2 heterocycles. The number of aromatic nitrogens is 6. The zero-order chi connectivity index (χ0) is 10.1. The van der Waals surface area contributed by atoms with Gasteiger partial charge in [0.05, 0.1) is 0 Å². The summed E-state index contributed by atoms with van der Waals surface area (Å²) >= 11 is 0. The van der Waals surface area contributed by atoms with Gasteiger partial charge >= 0.3 is 5.69 Å². The zero-order valence-corrected chi connectivity index (χ0v) is 6.76. The normalized spacial score (nSPS) is 10.3. The van der Waals surface area contributed by atoms with E-state index in [4.69, 9.17) is 5.73 Å². The van der Waals surface area contributed by atoms with Crippen LogP contribution in [0.1, 0.15) is 0 Å². The van der Waals surface area contributed by atoms with Crippen molar-refractivity contribution in [3.8, 4) is 5.82 Å². The molecule has 0 aromatic carbocycles. The van der Waals surface area contributed by atoms with Crippen LogP contribution in [0.2, 0.25) is 0 Å². The molecule has 14 heavy (non-hydrogen) atoms. The van der Waals surface area contributed by atoms with E-state index < -0.39 is 11.2 Å². The lowest BCUT2D eigenvalue weighted by Crippen LogP contribution is -2.28. The van der Waals surface area contributed by atoms with Gasteiger partial charge < -0.3 is 5.73 Å². The highest BCUT2D eigenvalue weighted by atomic mass is 16.2. The molecule has 2 aromatic heterocycles. The molecule has 0 saturated carbocycles. The van der Waals surface area contributed by atoms with E-state index in [1.54, 1.807) is 0 Å². The monoisotopic (exact) mass is 195 g/mol. The summed E-state index contributed by atoms with van der Waals surface area (Å²) in [5.74, 6) is -0.0915. The molecule has 4 N–H and O–H groups in total. The van der Waals surface area contributed by atoms with Crippen LogP contribution in [0.3, 0.4) is 0 Å². The number of nitrogen functional groups attached to an aromatic ring is 1. The molecule has 0 aliphatic heterocycles. The van der Waals surface area contributed by atoms with Crippen molar-refractivity contribution in [2.24, 2.45) is 0 Å². The molecule has 2 aromatic rings. The highest BCUT2D eigenvalue weighted by molar-refractivity contribution is 5.18. The van der Waals surface area contributed by atoms with Gasteiger partial charge in [-0.1, -0.05) is 0 Å². The van der Waals surface area contributed by atoms with E-state index in [1.807, 2.05) is 4.98 Å². The van der Waals surface area contributed by atoms with E-state index in [9.17, 15) is 9.59 Å². The van der Waals surface area contributed by atoms with Crippen molar-refractivity contribution in [2.45, 2.75) is 0 Å². The highest BCUT2D eigenvalue weighted by Gasteiger charge is 2.06. The van der Waals surface area contributed by atoms with Gasteiger partial charge in [0.15, 0.2) is 0 Å². The smallest absolute Gasteiger partial charge is 0.342 e. The van der Waals surface area contributed by atoms with Crippen molar-refractivity contribution < 1.29 is 0 Å². The minimum Gasteiger partial charge on any atom is -0.366 e. The Morgan fingerprint density at radius 1 is 1.43 bits per heavy atom. The van der Waals surface area contributed by atoms with Gasteiger partial charge in [0.2, 0.25) is 11.8 Å². The number of nitrogens with one attached hydrogen (secondary N) is 2. The Bertz CT molecular complexity index is 564. The topological polar surface area (TPSA) is 135 Å². The summed E-state index contributed by atoms with van der Waals surface area (Å²) in [5, 5.41) is 9.19. The number of aromatic amines is 2. The Balaban J connectivity index is 2.63. The molecule has 0 bridgehead atoms. The number of rotatable bonds is 1. The number of nitrogens with two attached hydrogens (primary N) is 1. The maximum atomic E-state index is 11.2. The standard InChI is InChI=1S/C5H5N7O2/c6-4-7-1-12(11-4)2-3(13)8-5(14)10-9-2/h1H,(H2,6,11)(H2,8,10,13,14). The van der Waals surface area contributed by atoms with Crippen molar-refractivity contribution >= 4 is 5.95 Å². The van der Waals surface area contributed by atoms with Crippen molar-refractivity contribution in [1.29, 1.82) is 0 Å². The van der Waals surface area contributed by atoms with Gasteiger partial charge in [0.1, 0.15) is 6.33 Å². The van der Waals surface area contributed by atoms with Gasteiger partial charge in [0, 0.05) is 0 Å². The molecule has 0 radical (unpaired) electrons. The number of hydrogen-bond donors (Lipinski definition) is 3. The number of anilines is 1. The van der Waals surface area contributed by atoms with Crippen LogP contribution >= 0.6 is 0 Å². The summed E-state index contributed by atoms with van der Waals surface area (Å²) in [6.45, 7) is 0. The van der Waals surface area contributed by atoms with Crippen LogP contribution in [0.15, 0.2) is 15.9 Å². The summed E-state index contributed by atoms with van der Waals surface area (Å²) in [4.78, 5) is 27.4. The van der Waals surface area contributed by atoms with E-state index in [1.165, 1.54) is 6.33 Å². The summed E-state index contributed by atoms with van der Waals surface area (Å²) in [5.41, 5.74) is 3.88. The molecular formula is C5H5N7O2. The lowest BCUT2D eigenvalue weighted by molar-refractivity contribution is 0.767. The van der Waals surface area contributed by atoms with Crippen molar-refractivity contribution in [1.82, 2.24) is 29.9 Å². The first-order valence-electron chi connectivity index (χ1n) is 3.53. The Morgan fingerprint density at radius 2 is 2.21 bits per heavy atom. The van der Waals surface area contributed by atoms with Gasteiger partial charge in [-0.15, -0.1) is 10.2 Å². The molecule has 0 unspecified atom stereocenters. The molecule has 9 heteroatoms. The lowest BCUT2D eigenvalue weighted by Gasteiger charge is -1.94. The largest absolute Gasteiger partial charge is 0.366 e. The van der Waals surface area contributed by atoms with Crippen LogP contribution < -0.4 is 17.0 Å². The fourth-order valence-electron chi connectivity index (χ4n) is 0.875. The average molecular weight is 195 g/mol. The van der Waals surface area contributed by atoms with Gasteiger partial charge in [-0.2, -0.15) is 4.68 Å². The molecule has 2 rings (SSSR count). The Morgan fingerprint density at radius 3 is 2.79 bits per heavy atom. The maximum absolute atomic E-state index is 11.2. The summed E-state index contributed by atoms with van der Waals surface area (Å²) in [6, 6.07) is 0. The minimum absolute atomic E-state index is 0.0115. The molecule has 0 aliphatic carbocycles. The van der Waals surface area contributed by atoms with Gasteiger partial charge in [-0.3, -0.25) is 9.78 Å². The molecule has 0 saturated heterocycles. The third-order valence-corrected chi connectivity index (χ3v) is 1.42. The van der Waals surface area contributed by atoms with Crippen LogP contribution in [0.4, 0.5) is 5.95 Å². The van der Waals surface area contributed by atoms with Crippen LogP contribution in [-0.2, 0) is 0 Å². The predicted octanol–water partition coefficient (Wildman–Crippen LogP) is -2.38. The average Bonchev–Trinajstić information content (AvgIpc) is 2.51. The first-order valence-corrected chi connectivity index (χ1v) is 3.53. The third kappa shape index (κ3) is 1.26. The number of H-pyrrole nitrogens is 2. The van der Waals surface area contributed by atoms with Gasteiger partial charge in [0.25, 0.3) is 5.56 Å². The van der Waals surface area contributed by atoms with Gasteiger partial charge in [-0.25, -0.2) is 14.9 Å². The zero-order valence-electron chi connectivity index (χ0n) is 6.76.